The van der Waals surface area contributed by atoms with Crippen LogP contribution in [0.3, 0.4) is 0 Å². The number of hydrogen-bond donors (Lipinski definition) is 1. The summed E-state index contributed by atoms with van der Waals surface area (Å²) < 4.78 is 0. The lowest BCUT2D eigenvalue weighted by Gasteiger charge is -2.28. The number of benzene rings is 3. The Kier molecular flexibility index (Phi) is 4.58. The van der Waals surface area contributed by atoms with Crippen molar-refractivity contribution in [2.45, 2.75) is 5.85 Å². The Morgan fingerprint density at radius 1 is 0.652 bits per heavy atom. The zero-order chi connectivity index (χ0) is 16.1. The summed E-state index contributed by atoms with van der Waals surface area (Å²) in [6.45, 7) is 0. The van der Waals surface area contributed by atoms with E-state index in [1.54, 1.807) is 0 Å². The molecule has 0 saturated heterocycles. The maximum absolute atomic E-state index is 10.9. The molecule has 1 atom stereocenters. The zero-order valence-electron chi connectivity index (χ0n) is 12.7. The summed E-state index contributed by atoms with van der Waals surface area (Å²) >= 11 is 0. The fraction of sp³-hybridized carbons (Fsp3) is 0.0476. The van der Waals surface area contributed by atoms with Gasteiger partial charge >= 0.3 is 0 Å². The van der Waals surface area contributed by atoms with Gasteiger partial charge in [-0.2, -0.15) is 0 Å². The molecule has 2 heteroatoms. The summed E-state index contributed by atoms with van der Waals surface area (Å²) in [5, 5.41) is 14.2. The minimum atomic E-state index is -2.32. The number of rotatable bonds is 4. The predicted octanol–water partition coefficient (Wildman–Crippen LogP) is 2.93. The van der Waals surface area contributed by atoms with Gasteiger partial charge in [-0.15, -0.1) is 6.42 Å². The van der Waals surface area contributed by atoms with E-state index in [1.165, 1.54) is 0 Å². The van der Waals surface area contributed by atoms with Crippen LogP contribution >= 0.6 is 7.26 Å². The summed E-state index contributed by atoms with van der Waals surface area (Å²) in [4.78, 5) is 0. The molecule has 1 nitrogen and oxygen atoms in total. The molecule has 0 aliphatic carbocycles. The second-order valence-corrected chi connectivity index (χ2v) is 8.75. The molecular weight excluding hydrogens is 299 g/mol. The van der Waals surface area contributed by atoms with Crippen molar-refractivity contribution in [3.8, 4) is 12.3 Å². The molecule has 1 unspecified atom stereocenters. The first-order valence-corrected chi connectivity index (χ1v) is 9.35. The number of aliphatic hydroxyl groups excluding tert-OH is 1. The van der Waals surface area contributed by atoms with Crippen molar-refractivity contribution in [2.24, 2.45) is 0 Å². The second-order valence-electron chi connectivity index (χ2n) is 5.27. The third-order valence-corrected chi connectivity index (χ3v) is 8.23. The van der Waals surface area contributed by atoms with Gasteiger partial charge in [0.1, 0.15) is 15.9 Å². The second kappa shape index (κ2) is 6.80. The maximum atomic E-state index is 10.9. The summed E-state index contributed by atoms with van der Waals surface area (Å²) in [5.41, 5.74) is 0. The lowest BCUT2D eigenvalue weighted by molar-refractivity contribution is 0.313. The summed E-state index contributed by atoms with van der Waals surface area (Å²) in [6.07, 6.45) is 5.70. The fourth-order valence-corrected chi connectivity index (χ4v) is 6.86. The molecule has 1 N–H and O–H groups in total. The lowest BCUT2D eigenvalue weighted by Crippen LogP contribution is -2.38. The van der Waals surface area contributed by atoms with Crippen LogP contribution in [0.15, 0.2) is 91.0 Å². The molecule has 3 rings (SSSR count). The molecule has 0 aliphatic heterocycles. The van der Waals surface area contributed by atoms with Gasteiger partial charge in [0.25, 0.3) is 0 Å². The SMILES string of the molecule is C#CC(O)[P+](c1ccccc1)(c1ccccc1)c1ccccc1. The normalized spacial score (nSPS) is 12.3. The zero-order valence-corrected chi connectivity index (χ0v) is 13.6. The minimum absolute atomic E-state index is 0.866. The van der Waals surface area contributed by atoms with Gasteiger partial charge in [0.2, 0.25) is 5.85 Å². The molecule has 3 aromatic rings. The quantitative estimate of drug-likeness (QED) is 0.579. The number of terminal acetylenes is 1. The predicted molar refractivity (Wildman–Crippen MR) is 100.0 cm³/mol. The molecule has 3 aromatic carbocycles. The molecule has 0 aromatic heterocycles. The third-order valence-electron chi connectivity index (χ3n) is 4.01. The van der Waals surface area contributed by atoms with Crippen LogP contribution in [0, 0.1) is 12.3 Å². The third kappa shape index (κ3) is 2.68. The molecule has 0 aliphatic rings. The van der Waals surface area contributed by atoms with E-state index in [0.717, 1.165) is 15.9 Å². The average molecular weight is 317 g/mol. The maximum Gasteiger partial charge on any atom is 0.240 e. The highest BCUT2D eigenvalue weighted by molar-refractivity contribution is 7.96. The monoisotopic (exact) mass is 317 g/mol. The van der Waals surface area contributed by atoms with Crippen molar-refractivity contribution in [1.82, 2.24) is 0 Å². The Morgan fingerprint density at radius 2 is 0.957 bits per heavy atom. The molecule has 23 heavy (non-hydrogen) atoms. The first-order valence-electron chi connectivity index (χ1n) is 7.50. The lowest BCUT2D eigenvalue weighted by atomic mass is 10.4. The van der Waals surface area contributed by atoms with Crippen molar-refractivity contribution in [3.63, 3.8) is 0 Å². The van der Waals surface area contributed by atoms with Gasteiger partial charge in [0, 0.05) is 0 Å². The van der Waals surface area contributed by atoms with Gasteiger partial charge in [-0.3, -0.25) is 0 Å². The molecule has 0 bridgehead atoms. The van der Waals surface area contributed by atoms with Crippen LogP contribution in [0.2, 0.25) is 0 Å². The van der Waals surface area contributed by atoms with Crippen molar-refractivity contribution >= 4 is 23.2 Å². The molecule has 0 spiro atoms. The summed E-state index contributed by atoms with van der Waals surface area (Å²) in [5.74, 6) is 1.74. The molecule has 112 valence electrons. The van der Waals surface area contributed by atoms with E-state index in [2.05, 4.69) is 42.3 Å². The molecular formula is C21H18OP+. The highest BCUT2D eigenvalue weighted by Crippen LogP contribution is 2.58. The van der Waals surface area contributed by atoms with Gasteiger partial charge in [-0.25, -0.2) is 0 Å². The number of hydrogen-bond acceptors (Lipinski definition) is 1. The van der Waals surface area contributed by atoms with E-state index in [4.69, 9.17) is 6.42 Å². The van der Waals surface area contributed by atoms with Gasteiger partial charge < -0.3 is 5.11 Å². The van der Waals surface area contributed by atoms with Crippen LogP contribution in [0.1, 0.15) is 0 Å². The van der Waals surface area contributed by atoms with Gasteiger partial charge in [0.15, 0.2) is 7.26 Å². The van der Waals surface area contributed by atoms with E-state index in [0.29, 0.717) is 0 Å². The molecule has 0 heterocycles. The Hall–Kier alpha value is -2.39. The first-order chi connectivity index (χ1) is 11.3. The Labute approximate surface area is 138 Å². The minimum Gasteiger partial charge on any atom is -0.348 e. The molecule has 0 saturated carbocycles. The Bertz CT molecular complexity index is 695. The van der Waals surface area contributed by atoms with Crippen molar-refractivity contribution in [1.29, 1.82) is 0 Å². The number of aliphatic hydroxyl groups is 1. The van der Waals surface area contributed by atoms with E-state index in [1.807, 2.05) is 54.6 Å². The summed E-state index contributed by atoms with van der Waals surface area (Å²) in [7, 11) is -2.32. The molecule has 0 amide bonds. The van der Waals surface area contributed by atoms with Gasteiger partial charge in [0.05, 0.1) is 0 Å². The van der Waals surface area contributed by atoms with Crippen LogP contribution in [-0.4, -0.2) is 11.0 Å². The van der Waals surface area contributed by atoms with Crippen molar-refractivity contribution in [3.05, 3.63) is 91.0 Å². The van der Waals surface area contributed by atoms with Crippen LogP contribution in [0.5, 0.6) is 0 Å². The largest absolute Gasteiger partial charge is 0.348 e. The van der Waals surface area contributed by atoms with E-state index in [9.17, 15) is 5.11 Å². The van der Waals surface area contributed by atoms with Gasteiger partial charge in [-0.1, -0.05) is 54.6 Å². The topological polar surface area (TPSA) is 20.2 Å². The van der Waals surface area contributed by atoms with Crippen LogP contribution in [0.4, 0.5) is 0 Å². The van der Waals surface area contributed by atoms with Crippen LogP contribution in [0.25, 0.3) is 0 Å². The molecule has 0 fully saturated rings. The Morgan fingerprint density at radius 3 is 1.22 bits per heavy atom. The van der Waals surface area contributed by atoms with Crippen LogP contribution in [-0.2, 0) is 0 Å². The van der Waals surface area contributed by atoms with Crippen LogP contribution < -0.4 is 15.9 Å². The Balaban J connectivity index is 2.38. The van der Waals surface area contributed by atoms with Crippen molar-refractivity contribution < 1.29 is 5.11 Å². The highest BCUT2D eigenvalue weighted by atomic mass is 31.2. The average Bonchev–Trinajstić information content (AvgIpc) is 2.65. The fourth-order valence-electron chi connectivity index (χ4n) is 2.97. The van der Waals surface area contributed by atoms with Gasteiger partial charge in [-0.05, 0) is 42.3 Å². The first kappa shape index (κ1) is 15.5. The standard InChI is InChI=1S/C21H18OP/c1-2-21(22)23(18-12-6-3-7-13-18,19-14-8-4-9-15-19)20-16-10-5-11-17-20/h1,3-17,21-22H/q+1. The smallest absolute Gasteiger partial charge is 0.240 e. The van der Waals surface area contributed by atoms with E-state index >= 15 is 0 Å². The van der Waals surface area contributed by atoms with Crippen molar-refractivity contribution in [2.75, 3.05) is 0 Å². The highest BCUT2D eigenvalue weighted by Gasteiger charge is 2.51. The molecule has 0 radical (unpaired) electrons. The summed E-state index contributed by atoms with van der Waals surface area (Å²) in [6, 6.07) is 30.3. The van der Waals surface area contributed by atoms with E-state index < -0.39 is 13.1 Å². The van der Waals surface area contributed by atoms with E-state index in [-0.39, 0.29) is 0 Å².